The van der Waals surface area contributed by atoms with E-state index in [0.29, 0.717) is 16.9 Å². The summed E-state index contributed by atoms with van der Waals surface area (Å²) in [7, 11) is 1.53. The summed E-state index contributed by atoms with van der Waals surface area (Å²) < 4.78 is 11.8. The third-order valence-electron chi connectivity index (χ3n) is 4.66. The Morgan fingerprint density at radius 3 is 2.52 bits per heavy atom. The SMILES string of the molecule is COc1ccc(C(=O)Oc2ccccc2C=NNC(=O)Cn2nc(C)c([N+](=O)[O-])c2C)cc1. The third kappa shape index (κ3) is 5.58. The van der Waals surface area contributed by atoms with E-state index in [2.05, 4.69) is 15.6 Å². The Labute approximate surface area is 188 Å². The zero-order valence-electron chi connectivity index (χ0n) is 18.1. The highest BCUT2D eigenvalue weighted by Gasteiger charge is 2.22. The maximum absolute atomic E-state index is 12.4. The number of amides is 1. The molecule has 11 nitrogen and oxygen atoms in total. The van der Waals surface area contributed by atoms with Gasteiger partial charge in [-0.1, -0.05) is 12.1 Å². The van der Waals surface area contributed by atoms with Crippen molar-refractivity contribution < 1.29 is 24.0 Å². The first-order valence-electron chi connectivity index (χ1n) is 9.75. The smallest absolute Gasteiger partial charge is 0.343 e. The number of rotatable bonds is 8. The van der Waals surface area contributed by atoms with Crippen LogP contribution >= 0.6 is 0 Å². The summed E-state index contributed by atoms with van der Waals surface area (Å²) in [6.07, 6.45) is 1.33. The number of hydrogen-bond acceptors (Lipinski definition) is 8. The molecule has 2 aromatic carbocycles. The Hall–Kier alpha value is -4.54. The van der Waals surface area contributed by atoms with Crippen molar-refractivity contribution >= 4 is 23.8 Å². The number of esters is 1. The number of nitro groups is 1. The van der Waals surface area contributed by atoms with Crippen LogP contribution in [-0.4, -0.2) is 39.9 Å². The van der Waals surface area contributed by atoms with Crippen LogP contribution in [0.2, 0.25) is 0 Å². The fourth-order valence-electron chi connectivity index (χ4n) is 3.02. The normalized spacial score (nSPS) is 10.8. The molecule has 0 fully saturated rings. The van der Waals surface area contributed by atoms with Gasteiger partial charge in [0.2, 0.25) is 0 Å². The Morgan fingerprint density at radius 1 is 1.18 bits per heavy atom. The molecule has 1 N–H and O–H groups in total. The van der Waals surface area contributed by atoms with Crippen LogP contribution in [0.5, 0.6) is 11.5 Å². The van der Waals surface area contributed by atoms with Crippen molar-refractivity contribution in [1.29, 1.82) is 0 Å². The summed E-state index contributed by atoms with van der Waals surface area (Å²) >= 11 is 0. The fourth-order valence-corrected chi connectivity index (χ4v) is 3.02. The minimum atomic E-state index is -0.561. The van der Waals surface area contributed by atoms with Gasteiger partial charge in [0, 0.05) is 5.56 Å². The second-order valence-electron chi connectivity index (χ2n) is 6.88. The number of aryl methyl sites for hydroxylation is 1. The van der Waals surface area contributed by atoms with Gasteiger partial charge in [0.05, 0.1) is 23.8 Å². The predicted molar refractivity (Wildman–Crippen MR) is 118 cm³/mol. The first kappa shape index (κ1) is 23.1. The third-order valence-corrected chi connectivity index (χ3v) is 4.66. The van der Waals surface area contributed by atoms with E-state index in [1.807, 2.05) is 0 Å². The highest BCUT2D eigenvalue weighted by Crippen LogP contribution is 2.22. The zero-order valence-corrected chi connectivity index (χ0v) is 18.1. The fraction of sp³-hybridized carbons (Fsp3) is 0.182. The molecule has 1 aromatic heterocycles. The molecule has 11 heteroatoms. The summed E-state index contributed by atoms with van der Waals surface area (Å²) in [4.78, 5) is 35.2. The number of benzene rings is 2. The molecule has 1 heterocycles. The number of methoxy groups -OCH3 is 1. The largest absolute Gasteiger partial charge is 0.497 e. The van der Waals surface area contributed by atoms with Gasteiger partial charge in [0.25, 0.3) is 5.91 Å². The van der Waals surface area contributed by atoms with Gasteiger partial charge in [-0.3, -0.25) is 19.6 Å². The maximum Gasteiger partial charge on any atom is 0.343 e. The Morgan fingerprint density at radius 2 is 1.88 bits per heavy atom. The van der Waals surface area contributed by atoms with Crippen molar-refractivity contribution in [3.63, 3.8) is 0 Å². The lowest BCUT2D eigenvalue weighted by atomic mass is 10.2. The number of hydrazone groups is 1. The van der Waals surface area contributed by atoms with Crippen molar-refractivity contribution in [3.8, 4) is 11.5 Å². The van der Waals surface area contributed by atoms with Crippen molar-refractivity contribution in [2.24, 2.45) is 5.10 Å². The van der Waals surface area contributed by atoms with E-state index in [0.717, 1.165) is 0 Å². The quantitative estimate of drug-likeness (QED) is 0.183. The molecule has 3 aromatic rings. The molecule has 1 amide bonds. The van der Waals surface area contributed by atoms with Crippen LogP contribution in [0.25, 0.3) is 0 Å². The van der Waals surface area contributed by atoms with E-state index in [4.69, 9.17) is 9.47 Å². The van der Waals surface area contributed by atoms with Crippen molar-refractivity contribution in [2.75, 3.05) is 7.11 Å². The number of hydrogen-bond donors (Lipinski definition) is 1. The van der Waals surface area contributed by atoms with Crippen LogP contribution < -0.4 is 14.9 Å². The molecular weight excluding hydrogens is 430 g/mol. The van der Waals surface area contributed by atoms with E-state index in [1.165, 1.54) is 31.9 Å². The van der Waals surface area contributed by atoms with Gasteiger partial charge in [-0.05, 0) is 50.2 Å². The number of aromatic nitrogens is 2. The number of para-hydroxylation sites is 1. The monoisotopic (exact) mass is 451 g/mol. The van der Waals surface area contributed by atoms with Gasteiger partial charge >= 0.3 is 11.7 Å². The molecule has 33 heavy (non-hydrogen) atoms. The van der Waals surface area contributed by atoms with Crippen LogP contribution in [0.4, 0.5) is 5.69 Å². The number of nitrogens with one attached hydrogen (secondary N) is 1. The number of ether oxygens (including phenoxy) is 2. The summed E-state index contributed by atoms with van der Waals surface area (Å²) in [5, 5.41) is 19.0. The number of nitrogens with zero attached hydrogens (tertiary/aromatic N) is 4. The standard InChI is InChI=1S/C22H21N5O6/c1-14-21(27(30)31)15(2)26(25-14)13-20(28)24-23-12-17-6-4-5-7-19(17)33-22(29)16-8-10-18(32-3)11-9-16/h4-12H,13H2,1-3H3,(H,24,28). The molecular formula is C22H21N5O6. The molecule has 170 valence electrons. The summed E-state index contributed by atoms with van der Waals surface area (Å²) in [6.45, 7) is 2.77. The van der Waals surface area contributed by atoms with E-state index < -0.39 is 16.8 Å². The van der Waals surface area contributed by atoms with Crippen molar-refractivity contribution in [3.05, 3.63) is 81.2 Å². The highest BCUT2D eigenvalue weighted by molar-refractivity contribution is 5.93. The molecule has 0 atom stereocenters. The molecule has 0 saturated carbocycles. The maximum atomic E-state index is 12.4. The van der Waals surface area contributed by atoms with Crippen LogP contribution in [0, 0.1) is 24.0 Å². The number of carbonyl (C=O) groups is 2. The first-order valence-corrected chi connectivity index (χ1v) is 9.75. The van der Waals surface area contributed by atoms with Gasteiger partial charge in [-0.25, -0.2) is 10.2 Å². The minimum absolute atomic E-state index is 0.126. The average molecular weight is 451 g/mol. The zero-order chi connectivity index (χ0) is 24.0. The van der Waals surface area contributed by atoms with Crippen LogP contribution in [0.15, 0.2) is 53.6 Å². The Balaban J connectivity index is 1.65. The van der Waals surface area contributed by atoms with Gasteiger partial charge in [0.1, 0.15) is 29.4 Å². The molecule has 0 aliphatic heterocycles. The minimum Gasteiger partial charge on any atom is -0.497 e. The predicted octanol–water partition coefficient (Wildman–Crippen LogP) is 2.79. The van der Waals surface area contributed by atoms with E-state index >= 15 is 0 Å². The molecule has 0 spiro atoms. The molecule has 0 aliphatic rings. The second kappa shape index (κ2) is 10.2. The van der Waals surface area contributed by atoms with Gasteiger partial charge in [-0.15, -0.1) is 0 Å². The number of carbonyl (C=O) groups excluding carboxylic acids is 2. The van der Waals surface area contributed by atoms with Crippen LogP contribution in [0.3, 0.4) is 0 Å². The lowest BCUT2D eigenvalue weighted by Gasteiger charge is -2.08. The Bertz CT molecular complexity index is 1220. The highest BCUT2D eigenvalue weighted by atomic mass is 16.6. The van der Waals surface area contributed by atoms with E-state index in [-0.39, 0.29) is 29.4 Å². The summed E-state index contributed by atoms with van der Waals surface area (Å²) in [5.74, 6) is -0.219. The van der Waals surface area contributed by atoms with Crippen LogP contribution in [0.1, 0.15) is 27.3 Å². The lowest BCUT2D eigenvalue weighted by Crippen LogP contribution is -2.24. The second-order valence-corrected chi connectivity index (χ2v) is 6.88. The Kier molecular flexibility index (Phi) is 7.13. The molecule has 0 unspecified atom stereocenters. The van der Waals surface area contributed by atoms with E-state index in [1.54, 1.807) is 48.5 Å². The van der Waals surface area contributed by atoms with Gasteiger partial charge in [-0.2, -0.15) is 10.2 Å². The molecule has 0 radical (unpaired) electrons. The first-order chi connectivity index (χ1) is 15.8. The molecule has 0 saturated heterocycles. The molecule has 0 aliphatic carbocycles. The molecule has 3 rings (SSSR count). The average Bonchev–Trinajstić information content (AvgIpc) is 3.07. The van der Waals surface area contributed by atoms with Crippen molar-refractivity contribution in [1.82, 2.24) is 15.2 Å². The lowest BCUT2D eigenvalue weighted by molar-refractivity contribution is -0.386. The topological polar surface area (TPSA) is 138 Å². The van der Waals surface area contributed by atoms with Gasteiger partial charge in [0.15, 0.2) is 0 Å². The van der Waals surface area contributed by atoms with E-state index in [9.17, 15) is 19.7 Å². The van der Waals surface area contributed by atoms with Crippen LogP contribution in [-0.2, 0) is 11.3 Å². The van der Waals surface area contributed by atoms with Gasteiger partial charge < -0.3 is 9.47 Å². The molecule has 0 bridgehead atoms. The summed E-state index contributed by atoms with van der Waals surface area (Å²) in [5.41, 5.74) is 3.51. The summed E-state index contributed by atoms with van der Waals surface area (Å²) in [6, 6.07) is 13.2. The van der Waals surface area contributed by atoms with Crippen molar-refractivity contribution in [2.45, 2.75) is 20.4 Å².